The molecule has 0 radical (unpaired) electrons. The van der Waals surface area contributed by atoms with Gasteiger partial charge in [0.1, 0.15) is 0 Å². The first kappa shape index (κ1) is 13.0. The summed E-state index contributed by atoms with van der Waals surface area (Å²) in [5.74, 6) is 0.377. The Bertz CT molecular complexity index is 380. The molecule has 1 amide bonds. The summed E-state index contributed by atoms with van der Waals surface area (Å²) in [4.78, 5) is 16.0. The van der Waals surface area contributed by atoms with Gasteiger partial charge in [0, 0.05) is 30.9 Å². The summed E-state index contributed by atoms with van der Waals surface area (Å²) in [7, 11) is 0. The summed E-state index contributed by atoms with van der Waals surface area (Å²) >= 11 is 0. The van der Waals surface area contributed by atoms with E-state index in [2.05, 4.69) is 22.5 Å². The quantitative estimate of drug-likeness (QED) is 0.838. The van der Waals surface area contributed by atoms with Crippen molar-refractivity contribution in [2.24, 2.45) is 5.92 Å². The molecule has 0 bridgehead atoms. The van der Waals surface area contributed by atoms with Crippen molar-refractivity contribution in [2.45, 2.75) is 32.2 Å². The molecule has 0 aromatic carbocycles. The lowest BCUT2D eigenvalue weighted by Gasteiger charge is -2.27. The van der Waals surface area contributed by atoms with Crippen LogP contribution in [0.1, 0.15) is 25.3 Å². The van der Waals surface area contributed by atoms with Crippen LogP contribution in [-0.4, -0.2) is 30.0 Å². The average Bonchev–Trinajstić information content (AvgIpc) is 2.40. The number of pyridine rings is 1. The van der Waals surface area contributed by atoms with Gasteiger partial charge in [-0.15, -0.1) is 0 Å². The molecule has 1 saturated heterocycles. The fourth-order valence-electron chi connectivity index (χ4n) is 2.39. The van der Waals surface area contributed by atoms with E-state index < -0.39 is 0 Å². The topological polar surface area (TPSA) is 54.0 Å². The van der Waals surface area contributed by atoms with Crippen molar-refractivity contribution in [1.29, 1.82) is 0 Å². The maximum absolute atomic E-state index is 12.0. The van der Waals surface area contributed by atoms with Crippen LogP contribution in [0, 0.1) is 5.92 Å². The Labute approximate surface area is 108 Å². The molecule has 2 N–H and O–H groups in total. The number of carbonyl (C=O) groups excluding carboxylic acids is 1. The van der Waals surface area contributed by atoms with Gasteiger partial charge in [0.15, 0.2) is 0 Å². The fraction of sp³-hybridized carbons (Fsp3) is 0.571. The van der Waals surface area contributed by atoms with Crippen molar-refractivity contribution in [2.75, 3.05) is 13.1 Å². The third kappa shape index (κ3) is 3.81. The second-order valence-corrected chi connectivity index (χ2v) is 4.98. The molecular weight excluding hydrogens is 226 g/mol. The molecule has 98 valence electrons. The Balaban J connectivity index is 1.71. The maximum Gasteiger partial charge on any atom is 0.223 e. The molecule has 4 nitrogen and oxygen atoms in total. The van der Waals surface area contributed by atoms with Crippen LogP contribution < -0.4 is 10.6 Å². The Morgan fingerprint density at radius 1 is 1.61 bits per heavy atom. The highest BCUT2D eigenvalue weighted by molar-refractivity contribution is 5.78. The van der Waals surface area contributed by atoms with E-state index in [4.69, 9.17) is 0 Å². The van der Waals surface area contributed by atoms with Gasteiger partial charge in [0.05, 0.1) is 0 Å². The highest BCUT2D eigenvalue weighted by Crippen LogP contribution is 2.15. The lowest BCUT2D eigenvalue weighted by molar-refractivity contribution is -0.126. The van der Waals surface area contributed by atoms with E-state index in [0.717, 1.165) is 31.4 Å². The fourth-order valence-corrected chi connectivity index (χ4v) is 2.39. The van der Waals surface area contributed by atoms with Crippen LogP contribution in [0.15, 0.2) is 24.5 Å². The van der Waals surface area contributed by atoms with Crippen LogP contribution in [0.2, 0.25) is 0 Å². The van der Waals surface area contributed by atoms with Crippen LogP contribution >= 0.6 is 0 Å². The first-order valence-corrected chi connectivity index (χ1v) is 6.65. The molecule has 2 heterocycles. The highest BCUT2D eigenvalue weighted by atomic mass is 16.1. The largest absolute Gasteiger partial charge is 0.356 e. The van der Waals surface area contributed by atoms with Gasteiger partial charge in [0.2, 0.25) is 5.91 Å². The number of amides is 1. The Kier molecular flexibility index (Phi) is 4.70. The maximum atomic E-state index is 12.0. The van der Waals surface area contributed by atoms with Crippen LogP contribution in [-0.2, 0) is 11.2 Å². The number of nitrogens with one attached hydrogen (secondary N) is 2. The Morgan fingerprint density at radius 3 is 3.22 bits per heavy atom. The molecule has 0 aliphatic carbocycles. The number of carbonyl (C=O) groups is 1. The van der Waals surface area contributed by atoms with Crippen molar-refractivity contribution in [1.82, 2.24) is 15.6 Å². The summed E-state index contributed by atoms with van der Waals surface area (Å²) in [6.07, 6.45) is 6.35. The molecule has 1 aliphatic rings. The second kappa shape index (κ2) is 6.50. The lowest BCUT2D eigenvalue weighted by atomic mass is 9.92. The van der Waals surface area contributed by atoms with Crippen LogP contribution in [0.25, 0.3) is 0 Å². The number of hydrogen-bond donors (Lipinski definition) is 2. The Morgan fingerprint density at radius 2 is 2.50 bits per heavy atom. The predicted molar refractivity (Wildman–Crippen MR) is 71.1 cm³/mol. The third-order valence-corrected chi connectivity index (χ3v) is 3.43. The summed E-state index contributed by atoms with van der Waals surface area (Å²) in [5.41, 5.74) is 1.16. The van der Waals surface area contributed by atoms with E-state index >= 15 is 0 Å². The average molecular weight is 247 g/mol. The van der Waals surface area contributed by atoms with Crippen LogP contribution in [0.4, 0.5) is 0 Å². The standard InChI is InChI=1S/C14H21N3O/c1-11-9-13(5-8-16-11)14(18)17-7-4-12-3-2-6-15-10-12/h2-3,6,10-11,13,16H,4-5,7-9H2,1H3,(H,17,18). The van der Waals surface area contributed by atoms with Gasteiger partial charge >= 0.3 is 0 Å². The summed E-state index contributed by atoms with van der Waals surface area (Å²) in [5, 5.41) is 6.39. The lowest BCUT2D eigenvalue weighted by Crippen LogP contribution is -2.42. The smallest absolute Gasteiger partial charge is 0.223 e. The summed E-state index contributed by atoms with van der Waals surface area (Å²) in [6, 6.07) is 4.41. The van der Waals surface area contributed by atoms with Crippen molar-refractivity contribution >= 4 is 5.91 Å². The zero-order chi connectivity index (χ0) is 12.8. The number of hydrogen-bond acceptors (Lipinski definition) is 3. The molecule has 2 atom stereocenters. The molecule has 1 fully saturated rings. The Hall–Kier alpha value is -1.42. The van der Waals surface area contributed by atoms with E-state index in [1.807, 2.05) is 18.3 Å². The van der Waals surface area contributed by atoms with Crippen molar-refractivity contribution < 1.29 is 4.79 Å². The zero-order valence-electron chi connectivity index (χ0n) is 10.9. The molecule has 2 unspecified atom stereocenters. The molecule has 0 spiro atoms. The molecular formula is C14H21N3O. The molecule has 2 rings (SSSR count). The SMILES string of the molecule is CC1CC(C(=O)NCCc2cccnc2)CCN1. The van der Waals surface area contributed by atoms with Gasteiger partial charge in [-0.1, -0.05) is 6.07 Å². The minimum absolute atomic E-state index is 0.176. The molecule has 0 saturated carbocycles. The first-order chi connectivity index (χ1) is 8.75. The van der Waals surface area contributed by atoms with Crippen molar-refractivity contribution in [3.8, 4) is 0 Å². The van der Waals surface area contributed by atoms with Gasteiger partial charge in [-0.2, -0.15) is 0 Å². The molecule has 1 aliphatic heterocycles. The van der Waals surface area contributed by atoms with E-state index in [1.165, 1.54) is 0 Å². The number of aromatic nitrogens is 1. The molecule has 1 aromatic heterocycles. The minimum atomic E-state index is 0.176. The van der Waals surface area contributed by atoms with Crippen molar-refractivity contribution in [3.05, 3.63) is 30.1 Å². The molecule has 1 aromatic rings. The number of piperidine rings is 1. The van der Waals surface area contributed by atoms with E-state index in [1.54, 1.807) is 6.20 Å². The van der Waals surface area contributed by atoms with E-state index in [0.29, 0.717) is 12.6 Å². The van der Waals surface area contributed by atoms with Gasteiger partial charge < -0.3 is 10.6 Å². The van der Waals surface area contributed by atoms with Crippen LogP contribution in [0.5, 0.6) is 0 Å². The van der Waals surface area contributed by atoms with Gasteiger partial charge in [-0.25, -0.2) is 0 Å². The molecule has 4 heteroatoms. The minimum Gasteiger partial charge on any atom is -0.356 e. The first-order valence-electron chi connectivity index (χ1n) is 6.65. The third-order valence-electron chi connectivity index (χ3n) is 3.43. The predicted octanol–water partition coefficient (Wildman–Crippen LogP) is 1.13. The van der Waals surface area contributed by atoms with Gasteiger partial charge in [-0.3, -0.25) is 9.78 Å². The number of rotatable bonds is 4. The summed E-state index contributed by atoms with van der Waals surface area (Å²) < 4.78 is 0. The van der Waals surface area contributed by atoms with Gasteiger partial charge in [0.25, 0.3) is 0 Å². The van der Waals surface area contributed by atoms with Crippen LogP contribution in [0.3, 0.4) is 0 Å². The number of nitrogens with zero attached hydrogens (tertiary/aromatic N) is 1. The molecule has 18 heavy (non-hydrogen) atoms. The normalized spacial score (nSPS) is 23.6. The van der Waals surface area contributed by atoms with Crippen molar-refractivity contribution in [3.63, 3.8) is 0 Å². The van der Waals surface area contributed by atoms with E-state index in [9.17, 15) is 4.79 Å². The zero-order valence-corrected chi connectivity index (χ0v) is 10.9. The second-order valence-electron chi connectivity index (χ2n) is 4.98. The highest BCUT2D eigenvalue weighted by Gasteiger charge is 2.24. The van der Waals surface area contributed by atoms with Gasteiger partial charge in [-0.05, 0) is 44.4 Å². The van der Waals surface area contributed by atoms with E-state index in [-0.39, 0.29) is 11.8 Å². The summed E-state index contributed by atoms with van der Waals surface area (Å²) in [6.45, 7) is 3.78. The monoisotopic (exact) mass is 247 g/mol.